The number of carbonyl (C=O) groups excluding carboxylic acids is 2. The third-order valence-corrected chi connectivity index (χ3v) is 3.85. The van der Waals surface area contributed by atoms with E-state index in [-0.39, 0.29) is 12.0 Å². The molecule has 0 aliphatic carbocycles. The molecule has 1 amide bonds. The van der Waals surface area contributed by atoms with Gasteiger partial charge in [0, 0.05) is 5.54 Å². The summed E-state index contributed by atoms with van der Waals surface area (Å²) in [5.41, 5.74) is -2.16. The van der Waals surface area contributed by atoms with E-state index in [2.05, 4.69) is 5.32 Å². The van der Waals surface area contributed by atoms with Gasteiger partial charge in [0.25, 0.3) is 0 Å². The zero-order valence-corrected chi connectivity index (χ0v) is 15.5. The number of para-hydroxylation sites is 1. The summed E-state index contributed by atoms with van der Waals surface area (Å²) in [7, 11) is 1.42. The summed E-state index contributed by atoms with van der Waals surface area (Å²) in [6.45, 7) is 7.19. The summed E-state index contributed by atoms with van der Waals surface area (Å²) in [6, 6.07) is 6.46. The molecule has 0 fully saturated rings. The van der Waals surface area contributed by atoms with Gasteiger partial charge in [0.2, 0.25) is 5.91 Å². The number of hydrogen-bond acceptors (Lipinski definition) is 4. The van der Waals surface area contributed by atoms with Crippen LogP contribution < -0.4 is 10.1 Å². The molecule has 0 heterocycles. The van der Waals surface area contributed by atoms with E-state index in [1.54, 1.807) is 45.9 Å². The molecule has 0 aliphatic rings. The van der Waals surface area contributed by atoms with E-state index >= 15 is 0 Å². The van der Waals surface area contributed by atoms with E-state index < -0.39 is 35.0 Å². The minimum atomic E-state index is -1.82. The fourth-order valence-electron chi connectivity index (χ4n) is 2.82. The van der Waals surface area contributed by atoms with Gasteiger partial charge in [0.1, 0.15) is 11.2 Å². The topological polar surface area (TPSA) is 92.7 Å². The van der Waals surface area contributed by atoms with Gasteiger partial charge < -0.3 is 15.2 Å². The quantitative estimate of drug-likeness (QED) is 0.556. The predicted octanol–water partition coefficient (Wildman–Crippen LogP) is 3.05. The molecule has 2 N–H and O–H groups in total. The van der Waals surface area contributed by atoms with E-state index in [9.17, 15) is 19.5 Å². The molecule has 6 nitrogen and oxygen atoms in total. The number of rotatable bonds is 8. The smallest absolute Gasteiger partial charge is 0.318 e. The fraction of sp³-hybridized carbons (Fsp3) is 0.526. The predicted molar refractivity (Wildman–Crippen MR) is 94.8 cm³/mol. The van der Waals surface area contributed by atoms with Crippen LogP contribution in [-0.2, 0) is 9.59 Å². The van der Waals surface area contributed by atoms with Crippen LogP contribution in [-0.4, -0.2) is 35.4 Å². The Morgan fingerprint density at radius 1 is 1.16 bits per heavy atom. The molecule has 6 heteroatoms. The number of benzene rings is 1. The number of carboxylic acids is 1. The first-order chi connectivity index (χ1) is 11.6. The lowest BCUT2D eigenvalue weighted by Gasteiger charge is -2.29. The Hall–Kier alpha value is -2.37. The number of aliphatic carboxylic acids is 1. The van der Waals surface area contributed by atoms with Gasteiger partial charge in [0.15, 0.2) is 5.78 Å². The van der Waals surface area contributed by atoms with E-state index in [4.69, 9.17) is 4.74 Å². The van der Waals surface area contributed by atoms with Crippen molar-refractivity contribution >= 4 is 17.7 Å². The van der Waals surface area contributed by atoms with Crippen molar-refractivity contribution < 1.29 is 24.2 Å². The van der Waals surface area contributed by atoms with Crippen molar-refractivity contribution in [3.63, 3.8) is 0 Å². The first kappa shape index (κ1) is 20.7. The van der Waals surface area contributed by atoms with Crippen molar-refractivity contribution in [3.8, 4) is 5.75 Å². The number of carboxylic acid groups (broad SMARTS) is 1. The molecule has 0 aromatic heterocycles. The number of nitrogens with one attached hydrogen (secondary N) is 1. The Labute approximate surface area is 148 Å². The molecular formula is C19H27NO5. The van der Waals surface area contributed by atoms with Gasteiger partial charge in [-0.1, -0.05) is 25.5 Å². The number of ether oxygens (including phenoxy) is 1. The zero-order valence-electron chi connectivity index (χ0n) is 15.5. The van der Waals surface area contributed by atoms with E-state index in [0.29, 0.717) is 12.2 Å². The van der Waals surface area contributed by atoms with Gasteiger partial charge in [-0.3, -0.25) is 14.4 Å². The Morgan fingerprint density at radius 3 is 2.24 bits per heavy atom. The average Bonchev–Trinajstić information content (AvgIpc) is 2.51. The summed E-state index contributed by atoms with van der Waals surface area (Å²) in [4.78, 5) is 37.6. The molecule has 0 aliphatic heterocycles. The first-order valence-electron chi connectivity index (χ1n) is 8.29. The molecule has 1 rings (SSSR count). The maximum Gasteiger partial charge on any atom is 0.318 e. The summed E-state index contributed by atoms with van der Waals surface area (Å²) in [6.07, 6.45) is 0.108. The van der Waals surface area contributed by atoms with Gasteiger partial charge in [-0.05, 0) is 39.3 Å². The Bertz CT molecular complexity index is 647. The lowest BCUT2D eigenvalue weighted by molar-refractivity contribution is -0.149. The number of carbonyl (C=O) groups is 3. The lowest BCUT2D eigenvalue weighted by atomic mass is 9.73. The largest absolute Gasteiger partial charge is 0.496 e. The maximum absolute atomic E-state index is 13.1. The van der Waals surface area contributed by atoms with Gasteiger partial charge >= 0.3 is 5.97 Å². The summed E-state index contributed by atoms with van der Waals surface area (Å²) in [5.74, 6) is -2.07. The van der Waals surface area contributed by atoms with E-state index in [0.717, 1.165) is 0 Å². The van der Waals surface area contributed by atoms with Gasteiger partial charge in [-0.25, -0.2) is 0 Å². The third kappa shape index (κ3) is 5.05. The SMILES string of the molecule is CCCC(CC(=O)NC(C)(C)C)(C(=O)O)C(=O)c1ccccc1OC. The van der Waals surface area contributed by atoms with Crippen molar-refractivity contribution in [2.75, 3.05) is 7.11 Å². The van der Waals surface area contributed by atoms with Crippen LogP contribution in [0.3, 0.4) is 0 Å². The number of methoxy groups -OCH3 is 1. The monoisotopic (exact) mass is 349 g/mol. The molecule has 138 valence electrons. The van der Waals surface area contributed by atoms with E-state index in [1.807, 2.05) is 0 Å². The Balaban J connectivity index is 3.34. The molecular weight excluding hydrogens is 322 g/mol. The Kier molecular flexibility index (Phi) is 6.73. The van der Waals surface area contributed by atoms with Crippen LogP contribution in [0.5, 0.6) is 5.75 Å². The number of amides is 1. The van der Waals surface area contributed by atoms with Crippen molar-refractivity contribution in [1.29, 1.82) is 0 Å². The van der Waals surface area contributed by atoms with Gasteiger partial charge in [-0.15, -0.1) is 0 Å². The molecule has 25 heavy (non-hydrogen) atoms. The van der Waals surface area contributed by atoms with Crippen molar-refractivity contribution in [2.45, 2.75) is 52.5 Å². The number of ketones is 1. The molecule has 0 saturated carbocycles. The van der Waals surface area contributed by atoms with Crippen LogP contribution in [0.4, 0.5) is 0 Å². The highest BCUT2D eigenvalue weighted by Crippen LogP contribution is 2.36. The fourth-order valence-corrected chi connectivity index (χ4v) is 2.82. The molecule has 1 aromatic carbocycles. The molecule has 0 radical (unpaired) electrons. The normalized spacial score (nSPS) is 13.6. The first-order valence-corrected chi connectivity index (χ1v) is 8.29. The van der Waals surface area contributed by atoms with Crippen LogP contribution in [0.2, 0.25) is 0 Å². The second-order valence-electron chi connectivity index (χ2n) is 7.14. The second-order valence-corrected chi connectivity index (χ2v) is 7.14. The van der Waals surface area contributed by atoms with Crippen LogP contribution >= 0.6 is 0 Å². The molecule has 0 saturated heterocycles. The van der Waals surface area contributed by atoms with Crippen LogP contribution in [0.15, 0.2) is 24.3 Å². The second kappa shape index (κ2) is 8.14. The highest BCUT2D eigenvalue weighted by molar-refractivity contribution is 6.15. The molecule has 1 aromatic rings. The summed E-state index contributed by atoms with van der Waals surface area (Å²) >= 11 is 0. The minimum absolute atomic E-state index is 0.0662. The zero-order chi connectivity index (χ0) is 19.3. The third-order valence-electron chi connectivity index (χ3n) is 3.85. The summed E-state index contributed by atoms with van der Waals surface area (Å²) in [5, 5.41) is 12.6. The average molecular weight is 349 g/mol. The van der Waals surface area contributed by atoms with Crippen molar-refractivity contribution in [3.05, 3.63) is 29.8 Å². The number of hydrogen-bond donors (Lipinski definition) is 2. The van der Waals surface area contributed by atoms with E-state index in [1.165, 1.54) is 13.2 Å². The molecule has 0 bridgehead atoms. The lowest BCUT2D eigenvalue weighted by Crippen LogP contribution is -2.47. The number of Topliss-reactive ketones (excluding diaryl/α,β-unsaturated/α-hetero) is 1. The highest BCUT2D eigenvalue weighted by Gasteiger charge is 2.48. The minimum Gasteiger partial charge on any atom is -0.496 e. The highest BCUT2D eigenvalue weighted by atomic mass is 16.5. The standard InChI is InChI=1S/C19H27NO5/c1-6-11-19(17(23)24,12-15(21)20-18(2,3)4)16(22)13-9-7-8-10-14(13)25-5/h7-10H,6,11-12H2,1-5H3,(H,20,21)(H,23,24). The van der Waals surface area contributed by atoms with Gasteiger partial charge in [0.05, 0.1) is 19.1 Å². The van der Waals surface area contributed by atoms with Crippen molar-refractivity contribution in [2.24, 2.45) is 5.41 Å². The van der Waals surface area contributed by atoms with Crippen molar-refractivity contribution in [1.82, 2.24) is 5.32 Å². The van der Waals surface area contributed by atoms with Crippen LogP contribution in [0.1, 0.15) is 57.3 Å². The van der Waals surface area contributed by atoms with Gasteiger partial charge in [-0.2, -0.15) is 0 Å². The Morgan fingerprint density at radius 2 is 1.76 bits per heavy atom. The molecule has 0 spiro atoms. The molecule has 1 atom stereocenters. The van der Waals surface area contributed by atoms with Crippen LogP contribution in [0.25, 0.3) is 0 Å². The summed E-state index contributed by atoms with van der Waals surface area (Å²) < 4.78 is 5.19. The maximum atomic E-state index is 13.1. The van der Waals surface area contributed by atoms with Crippen LogP contribution in [0, 0.1) is 5.41 Å². The molecule has 1 unspecified atom stereocenters.